The Balaban J connectivity index is 1.59. The van der Waals surface area contributed by atoms with Crippen LogP contribution in [0, 0.1) is 0 Å². The first-order chi connectivity index (χ1) is 12.6. The number of hydrogen-bond donors (Lipinski definition) is 1. The van der Waals surface area contributed by atoms with Crippen molar-refractivity contribution < 1.29 is 13.9 Å². The van der Waals surface area contributed by atoms with E-state index in [-0.39, 0.29) is 18.5 Å². The van der Waals surface area contributed by atoms with E-state index in [1.807, 2.05) is 50.4 Å². The van der Waals surface area contributed by atoms with Crippen LogP contribution in [0.2, 0.25) is 0 Å². The number of ether oxygens (including phenoxy) is 1. The molecule has 0 spiro atoms. The van der Waals surface area contributed by atoms with E-state index in [0.29, 0.717) is 6.54 Å². The van der Waals surface area contributed by atoms with Gasteiger partial charge in [0.2, 0.25) is 5.91 Å². The van der Waals surface area contributed by atoms with Gasteiger partial charge in [-0.25, -0.2) is 0 Å². The zero-order valence-corrected chi connectivity index (χ0v) is 15.4. The Morgan fingerprint density at radius 2 is 1.96 bits per heavy atom. The highest BCUT2D eigenvalue weighted by Crippen LogP contribution is 2.22. The SMILES string of the molecule is COc1ccc2cc(CN(C)C(=O)CN[C@@H](C)c3ccco3)ccc2c1. The molecule has 3 rings (SSSR count). The lowest BCUT2D eigenvalue weighted by molar-refractivity contribution is -0.129. The molecule has 5 nitrogen and oxygen atoms in total. The molecule has 0 aliphatic rings. The number of hydrogen-bond acceptors (Lipinski definition) is 4. The number of carbonyl (C=O) groups is 1. The van der Waals surface area contributed by atoms with E-state index >= 15 is 0 Å². The summed E-state index contributed by atoms with van der Waals surface area (Å²) >= 11 is 0. The Hall–Kier alpha value is -2.79. The molecule has 0 fully saturated rings. The first kappa shape index (κ1) is 18.0. The van der Waals surface area contributed by atoms with Gasteiger partial charge in [0.1, 0.15) is 11.5 Å². The normalized spacial score (nSPS) is 12.1. The number of carbonyl (C=O) groups excluding carboxylic acids is 1. The molecule has 0 bridgehead atoms. The number of amides is 1. The largest absolute Gasteiger partial charge is 0.497 e. The molecular weight excluding hydrogens is 328 g/mol. The molecule has 1 atom stereocenters. The standard InChI is InChI=1S/C21H24N2O3/c1-15(20-5-4-10-26-20)22-13-21(24)23(2)14-16-6-7-18-12-19(25-3)9-8-17(18)11-16/h4-12,15,22H,13-14H2,1-3H3/t15-/m0/s1. The molecule has 0 aliphatic carbocycles. The maximum atomic E-state index is 12.4. The van der Waals surface area contributed by atoms with Gasteiger partial charge < -0.3 is 14.1 Å². The summed E-state index contributed by atoms with van der Waals surface area (Å²) in [7, 11) is 3.48. The Bertz CT molecular complexity index is 874. The molecule has 26 heavy (non-hydrogen) atoms. The quantitative estimate of drug-likeness (QED) is 0.704. The lowest BCUT2D eigenvalue weighted by Crippen LogP contribution is -2.36. The number of nitrogens with one attached hydrogen (secondary N) is 1. The second-order valence-electron chi connectivity index (χ2n) is 6.42. The minimum atomic E-state index is -0.00185. The van der Waals surface area contributed by atoms with Crippen molar-refractivity contribution in [2.45, 2.75) is 19.5 Å². The molecule has 0 radical (unpaired) electrons. The van der Waals surface area contributed by atoms with E-state index in [1.54, 1.807) is 18.3 Å². The van der Waals surface area contributed by atoms with E-state index < -0.39 is 0 Å². The highest BCUT2D eigenvalue weighted by atomic mass is 16.5. The van der Waals surface area contributed by atoms with Gasteiger partial charge in [0, 0.05) is 13.6 Å². The van der Waals surface area contributed by atoms with Gasteiger partial charge in [-0.05, 0) is 53.6 Å². The molecule has 1 heterocycles. The van der Waals surface area contributed by atoms with Crippen LogP contribution in [-0.2, 0) is 11.3 Å². The maximum Gasteiger partial charge on any atom is 0.236 e. The molecule has 0 aliphatic heterocycles. The van der Waals surface area contributed by atoms with Crippen molar-refractivity contribution >= 4 is 16.7 Å². The topological polar surface area (TPSA) is 54.7 Å². The molecule has 2 aromatic carbocycles. The van der Waals surface area contributed by atoms with Gasteiger partial charge in [-0.15, -0.1) is 0 Å². The fourth-order valence-corrected chi connectivity index (χ4v) is 2.87. The van der Waals surface area contributed by atoms with E-state index in [1.165, 1.54) is 0 Å². The molecule has 1 aromatic heterocycles. The smallest absolute Gasteiger partial charge is 0.236 e. The monoisotopic (exact) mass is 352 g/mol. The van der Waals surface area contributed by atoms with Gasteiger partial charge in [-0.2, -0.15) is 0 Å². The number of fused-ring (bicyclic) bond motifs is 1. The highest BCUT2D eigenvalue weighted by molar-refractivity contribution is 5.84. The van der Waals surface area contributed by atoms with Gasteiger partial charge in [0.15, 0.2) is 0 Å². The highest BCUT2D eigenvalue weighted by Gasteiger charge is 2.13. The molecule has 5 heteroatoms. The zero-order chi connectivity index (χ0) is 18.5. The van der Waals surface area contributed by atoms with Crippen molar-refractivity contribution in [2.24, 2.45) is 0 Å². The van der Waals surface area contributed by atoms with Crippen LogP contribution in [0.5, 0.6) is 5.75 Å². The van der Waals surface area contributed by atoms with E-state index in [2.05, 4.69) is 17.4 Å². The molecule has 1 amide bonds. The van der Waals surface area contributed by atoms with Crippen molar-refractivity contribution in [1.29, 1.82) is 0 Å². The van der Waals surface area contributed by atoms with Crippen LogP contribution >= 0.6 is 0 Å². The third-order valence-electron chi connectivity index (χ3n) is 4.49. The van der Waals surface area contributed by atoms with Gasteiger partial charge in [0.05, 0.1) is 26.0 Å². The number of benzene rings is 2. The second kappa shape index (κ2) is 8.06. The first-order valence-corrected chi connectivity index (χ1v) is 8.64. The van der Waals surface area contributed by atoms with Gasteiger partial charge in [-0.3, -0.25) is 10.1 Å². The Kier molecular flexibility index (Phi) is 5.58. The summed E-state index contributed by atoms with van der Waals surface area (Å²) in [6, 6.07) is 15.9. The van der Waals surface area contributed by atoms with Crippen LogP contribution < -0.4 is 10.1 Å². The van der Waals surface area contributed by atoms with Crippen LogP contribution in [0.25, 0.3) is 10.8 Å². The van der Waals surface area contributed by atoms with Crippen molar-refractivity contribution in [3.05, 3.63) is 66.1 Å². The summed E-state index contributed by atoms with van der Waals surface area (Å²) in [5, 5.41) is 5.45. The lowest BCUT2D eigenvalue weighted by Gasteiger charge is -2.19. The molecule has 1 N–H and O–H groups in total. The van der Waals surface area contributed by atoms with E-state index in [0.717, 1.165) is 27.8 Å². The summed E-state index contributed by atoms with van der Waals surface area (Å²) < 4.78 is 10.6. The Morgan fingerprint density at radius 3 is 2.69 bits per heavy atom. The Labute approximate surface area is 153 Å². The number of nitrogens with zero attached hydrogens (tertiary/aromatic N) is 1. The fourth-order valence-electron chi connectivity index (χ4n) is 2.87. The van der Waals surface area contributed by atoms with Crippen LogP contribution in [0.1, 0.15) is 24.3 Å². The third kappa shape index (κ3) is 4.24. The van der Waals surface area contributed by atoms with Crippen molar-refractivity contribution in [1.82, 2.24) is 10.2 Å². The van der Waals surface area contributed by atoms with Crippen LogP contribution in [0.4, 0.5) is 0 Å². The van der Waals surface area contributed by atoms with Gasteiger partial charge in [0.25, 0.3) is 0 Å². The van der Waals surface area contributed by atoms with Gasteiger partial charge >= 0.3 is 0 Å². The molecule has 0 unspecified atom stereocenters. The minimum absolute atomic E-state index is 0.00185. The fraction of sp³-hybridized carbons (Fsp3) is 0.286. The van der Waals surface area contributed by atoms with Crippen LogP contribution in [0.3, 0.4) is 0 Å². The molecule has 0 saturated heterocycles. The predicted molar refractivity (Wildman–Crippen MR) is 102 cm³/mol. The average molecular weight is 352 g/mol. The molecule has 3 aromatic rings. The molecule has 0 saturated carbocycles. The van der Waals surface area contributed by atoms with Crippen molar-refractivity contribution in [3.63, 3.8) is 0 Å². The number of rotatable bonds is 7. The summed E-state index contributed by atoms with van der Waals surface area (Å²) in [5.74, 6) is 1.71. The number of methoxy groups -OCH3 is 1. The summed E-state index contributed by atoms with van der Waals surface area (Å²) in [6.45, 7) is 2.81. The first-order valence-electron chi connectivity index (χ1n) is 8.64. The number of furan rings is 1. The second-order valence-corrected chi connectivity index (χ2v) is 6.42. The summed E-state index contributed by atoms with van der Waals surface area (Å²) in [4.78, 5) is 14.1. The van der Waals surface area contributed by atoms with Crippen LogP contribution in [-0.4, -0.2) is 31.5 Å². The molecule has 136 valence electrons. The van der Waals surface area contributed by atoms with Crippen LogP contribution in [0.15, 0.2) is 59.2 Å². The minimum Gasteiger partial charge on any atom is -0.497 e. The zero-order valence-electron chi connectivity index (χ0n) is 15.4. The number of likely N-dealkylation sites (N-methyl/N-ethyl adjacent to an activating group) is 1. The summed E-state index contributed by atoms with van der Waals surface area (Å²) in [6.07, 6.45) is 1.64. The average Bonchev–Trinajstić information content (AvgIpc) is 3.20. The summed E-state index contributed by atoms with van der Waals surface area (Å²) in [5.41, 5.74) is 1.09. The van der Waals surface area contributed by atoms with Crippen molar-refractivity contribution in [2.75, 3.05) is 20.7 Å². The predicted octanol–water partition coefficient (Wildman–Crippen LogP) is 3.75. The van der Waals surface area contributed by atoms with Gasteiger partial charge in [-0.1, -0.05) is 18.2 Å². The van der Waals surface area contributed by atoms with E-state index in [9.17, 15) is 4.79 Å². The molecular formula is C21H24N2O3. The van der Waals surface area contributed by atoms with E-state index in [4.69, 9.17) is 9.15 Å². The lowest BCUT2D eigenvalue weighted by atomic mass is 10.1. The third-order valence-corrected chi connectivity index (χ3v) is 4.49. The maximum absolute atomic E-state index is 12.4. The Morgan fingerprint density at radius 1 is 1.19 bits per heavy atom. The van der Waals surface area contributed by atoms with Crippen molar-refractivity contribution in [3.8, 4) is 5.75 Å².